The molecule has 1 aromatic heterocycles. The Balaban J connectivity index is 2.06. The molecule has 2 rings (SSSR count). The molecule has 0 bridgehead atoms. The highest BCUT2D eigenvalue weighted by molar-refractivity contribution is 5.41. The van der Waals surface area contributed by atoms with Crippen LogP contribution in [0.2, 0.25) is 0 Å². The molecule has 3 nitrogen and oxygen atoms in total. The second-order valence-corrected chi connectivity index (χ2v) is 5.26. The normalized spacial score (nSPS) is 22.2. The highest BCUT2D eigenvalue weighted by atomic mass is 16.5. The smallest absolute Gasteiger partial charge is 0.117 e. The van der Waals surface area contributed by atoms with Crippen LogP contribution in [0.5, 0.6) is 0 Å². The predicted octanol–water partition coefficient (Wildman–Crippen LogP) is 1.23. The minimum atomic E-state index is 0.552. The van der Waals surface area contributed by atoms with Crippen molar-refractivity contribution in [3.63, 3.8) is 0 Å². The van der Waals surface area contributed by atoms with Crippen LogP contribution < -0.4 is 10.6 Å². The summed E-state index contributed by atoms with van der Waals surface area (Å²) in [6.45, 7) is 8.00. The fourth-order valence-corrected chi connectivity index (χ4v) is 2.51. The maximum Gasteiger partial charge on any atom is 0.117 e. The van der Waals surface area contributed by atoms with Gasteiger partial charge in [-0.25, -0.2) is 0 Å². The molecule has 1 unspecified atom stereocenters. The van der Waals surface area contributed by atoms with Gasteiger partial charge < -0.3 is 14.2 Å². The molecule has 0 aromatic carbocycles. The Hall–Kier alpha value is -1.48. The van der Waals surface area contributed by atoms with Gasteiger partial charge in [-0.05, 0) is 50.7 Å². The number of hydrogen-bond acceptors (Lipinski definition) is 2. The molecular weight excluding hydrogens is 236 g/mol. The Morgan fingerprint density at radius 3 is 2.84 bits per heavy atom. The first-order valence-corrected chi connectivity index (χ1v) is 6.93. The molecule has 19 heavy (non-hydrogen) atoms. The predicted molar refractivity (Wildman–Crippen MR) is 80.0 cm³/mol. The van der Waals surface area contributed by atoms with E-state index in [4.69, 9.17) is 4.74 Å². The fraction of sp³-hybridized carbons (Fsp3) is 0.500. The maximum atomic E-state index is 5.95. The van der Waals surface area contributed by atoms with Crippen molar-refractivity contribution in [2.75, 3.05) is 20.2 Å². The molecule has 0 saturated carbocycles. The molecule has 1 aromatic rings. The van der Waals surface area contributed by atoms with Crippen LogP contribution in [-0.2, 0) is 11.8 Å². The standard InChI is InChI=1S/C16H24N2O/c1-5-15(11-16-13(2)8-10-18(16)4)19-12-14-7-6-9-17(14)3/h5,8,10-11,14H,2,6-7,9,12H2,1,3-4H3/b15-5+,16-11+. The molecule has 0 aliphatic carbocycles. The molecule has 1 aliphatic rings. The van der Waals surface area contributed by atoms with Crippen molar-refractivity contribution >= 4 is 12.7 Å². The number of likely N-dealkylation sites (N-methyl/N-ethyl adjacent to an activating group) is 1. The van der Waals surface area contributed by atoms with Gasteiger partial charge in [-0.1, -0.05) is 6.58 Å². The van der Waals surface area contributed by atoms with E-state index < -0.39 is 0 Å². The molecule has 0 spiro atoms. The second kappa shape index (κ2) is 6.11. The van der Waals surface area contributed by atoms with Gasteiger partial charge in [0.25, 0.3) is 0 Å². The van der Waals surface area contributed by atoms with Crippen LogP contribution in [0.1, 0.15) is 19.8 Å². The van der Waals surface area contributed by atoms with Gasteiger partial charge in [0.1, 0.15) is 12.4 Å². The third-order valence-electron chi connectivity index (χ3n) is 3.89. The van der Waals surface area contributed by atoms with E-state index in [1.165, 1.54) is 19.4 Å². The van der Waals surface area contributed by atoms with Gasteiger partial charge in [0.15, 0.2) is 0 Å². The Morgan fingerprint density at radius 2 is 2.32 bits per heavy atom. The van der Waals surface area contributed by atoms with Gasteiger partial charge in [0.2, 0.25) is 0 Å². The summed E-state index contributed by atoms with van der Waals surface area (Å²) in [5.41, 5.74) is 0. The van der Waals surface area contributed by atoms with Crippen molar-refractivity contribution in [2.24, 2.45) is 7.05 Å². The van der Waals surface area contributed by atoms with Crippen LogP contribution in [0.15, 0.2) is 24.1 Å². The lowest BCUT2D eigenvalue weighted by Crippen LogP contribution is -2.30. The van der Waals surface area contributed by atoms with E-state index in [0.717, 1.165) is 22.9 Å². The van der Waals surface area contributed by atoms with E-state index in [1.54, 1.807) is 0 Å². The lowest BCUT2D eigenvalue weighted by Gasteiger charge is -2.19. The summed E-state index contributed by atoms with van der Waals surface area (Å²) in [5.74, 6) is 0.923. The van der Waals surface area contributed by atoms with Crippen molar-refractivity contribution < 1.29 is 4.74 Å². The summed E-state index contributed by atoms with van der Waals surface area (Å²) in [6.07, 6.45) is 8.61. The third kappa shape index (κ3) is 3.29. The molecule has 3 heteroatoms. The molecular formula is C16H24N2O. The number of ether oxygens (including phenoxy) is 1. The number of nitrogens with zero attached hydrogens (tertiary/aromatic N) is 2. The number of aromatic nitrogens is 1. The van der Waals surface area contributed by atoms with Crippen molar-refractivity contribution in [3.05, 3.63) is 34.7 Å². The first-order chi connectivity index (χ1) is 9.11. The van der Waals surface area contributed by atoms with Crippen LogP contribution in [0.3, 0.4) is 0 Å². The van der Waals surface area contributed by atoms with E-state index in [9.17, 15) is 0 Å². The van der Waals surface area contributed by atoms with E-state index in [2.05, 4.69) is 29.2 Å². The summed E-state index contributed by atoms with van der Waals surface area (Å²) in [7, 11) is 4.20. The number of rotatable bonds is 4. The first-order valence-electron chi connectivity index (χ1n) is 6.93. The van der Waals surface area contributed by atoms with Crippen LogP contribution >= 0.6 is 0 Å². The molecule has 0 radical (unpaired) electrons. The van der Waals surface area contributed by atoms with Gasteiger partial charge in [-0.2, -0.15) is 0 Å². The molecule has 1 fully saturated rings. The van der Waals surface area contributed by atoms with E-state index in [-0.39, 0.29) is 0 Å². The van der Waals surface area contributed by atoms with Crippen molar-refractivity contribution in [1.29, 1.82) is 0 Å². The van der Waals surface area contributed by atoms with Crippen molar-refractivity contribution in [1.82, 2.24) is 9.47 Å². The van der Waals surface area contributed by atoms with Crippen LogP contribution in [0.25, 0.3) is 12.7 Å². The Kier molecular flexibility index (Phi) is 4.48. The minimum absolute atomic E-state index is 0.552. The van der Waals surface area contributed by atoms with E-state index in [1.807, 2.05) is 32.3 Å². The lowest BCUT2D eigenvalue weighted by molar-refractivity contribution is 0.149. The Bertz CT molecular complexity index is 556. The number of likely N-dealkylation sites (tertiary alicyclic amines) is 1. The van der Waals surface area contributed by atoms with Crippen LogP contribution in [0.4, 0.5) is 0 Å². The summed E-state index contributed by atoms with van der Waals surface area (Å²) in [6, 6.07) is 2.57. The Labute approximate surface area is 115 Å². The summed E-state index contributed by atoms with van der Waals surface area (Å²) in [4.78, 5) is 2.38. The topological polar surface area (TPSA) is 17.4 Å². The van der Waals surface area contributed by atoms with Gasteiger partial charge in [-0.15, -0.1) is 0 Å². The molecule has 0 N–H and O–H groups in total. The van der Waals surface area contributed by atoms with Gasteiger partial charge in [-0.3, -0.25) is 0 Å². The van der Waals surface area contributed by atoms with E-state index >= 15 is 0 Å². The minimum Gasteiger partial charge on any atom is -0.492 e. The molecule has 1 atom stereocenters. The quantitative estimate of drug-likeness (QED) is 0.758. The average molecular weight is 260 g/mol. The maximum absolute atomic E-state index is 5.95. The fourth-order valence-electron chi connectivity index (χ4n) is 2.51. The lowest BCUT2D eigenvalue weighted by atomic mass is 10.2. The zero-order valence-corrected chi connectivity index (χ0v) is 12.2. The molecule has 0 amide bonds. The molecule has 104 valence electrons. The molecule has 2 heterocycles. The second-order valence-electron chi connectivity index (χ2n) is 5.26. The van der Waals surface area contributed by atoms with Gasteiger partial charge in [0, 0.05) is 25.4 Å². The average Bonchev–Trinajstić information content (AvgIpc) is 2.94. The van der Waals surface area contributed by atoms with Gasteiger partial charge in [0.05, 0.1) is 5.35 Å². The van der Waals surface area contributed by atoms with E-state index in [0.29, 0.717) is 6.04 Å². The number of aryl methyl sites for hydroxylation is 1. The largest absolute Gasteiger partial charge is 0.492 e. The first kappa shape index (κ1) is 13.9. The molecule has 1 saturated heterocycles. The van der Waals surface area contributed by atoms with Gasteiger partial charge >= 0.3 is 0 Å². The van der Waals surface area contributed by atoms with Crippen LogP contribution in [-0.4, -0.2) is 35.7 Å². The molecule has 1 aliphatic heterocycles. The SMILES string of the molecule is C=c1ccn(C)/c1=C/C(=C\C)OCC1CCCN1C. The monoisotopic (exact) mass is 260 g/mol. The summed E-state index contributed by atoms with van der Waals surface area (Å²) < 4.78 is 8.02. The number of allylic oxidation sites excluding steroid dienone is 2. The third-order valence-corrected chi connectivity index (χ3v) is 3.89. The highest BCUT2D eigenvalue weighted by Gasteiger charge is 2.21. The van der Waals surface area contributed by atoms with Crippen molar-refractivity contribution in [2.45, 2.75) is 25.8 Å². The van der Waals surface area contributed by atoms with Crippen molar-refractivity contribution in [3.8, 4) is 0 Å². The summed E-state index contributed by atoms with van der Waals surface area (Å²) in [5, 5.41) is 2.14. The zero-order chi connectivity index (χ0) is 13.8. The summed E-state index contributed by atoms with van der Waals surface area (Å²) >= 11 is 0. The zero-order valence-electron chi connectivity index (χ0n) is 12.2. The van der Waals surface area contributed by atoms with Crippen LogP contribution in [0, 0.1) is 0 Å². The Morgan fingerprint density at radius 1 is 1.53 bits per heavy atom. The highest BCUT2D eigenvalue weighted by Crippen LogP contribution is 2.16. The number of hydrogen-bond donors (Lipinski definition) is 0.